The molecule has 0 spiro atoms. The zero-order valence-electron chi connectivity index (χ0n) is 15.6. The number of hydrogen-bond donors (Lipinski definition) is 0. The van der Waals surface area contributed by atoms with Gasteiger partial charge in [0.15, 0.2) is 0 Å². The average molecular weight is 353 g/mol. The predicted molar refractivity (Wildman–Crippen MR) is 100 cm³/mol. The molecule has 5 heteroatoms. The van der Waals surface area contributed by atoms with Gasteiger partial charge >= 0.3 is 0 Å². The van der Waals surface area contributed by atoms with Crippen molar-refractivity contribution in [3.63, 3.8) is 0 Å². The van der Waals surface area contributed by atoms with E-state index in [4.69, 9.17) is 4.74 Å². The van der Waals surface area contributed by atoms with E-state index in [9.17, 15) is 4.79 Å². The summed E-state index contributed by atoms with van der Waals surface area (Å²) in [7, 11) is 0. The molecule has 0 radical (unpaired) electrons. The van der Waals surface area contributed by atoms with Gasteiger partial charge in [0, 0.05) is 17.8 Å². The van der Waals surface area contributed by atoms with Gasteiger partial charge in [0.05, 0.1) is 31.0 Å². The van der Waals surface area contributed by atoms with Gasteiger partial charge in [0.2, 0.25) is 0 Å². The summed E-state index contributed by atoms with van der Waals surface area (Å²) in [4.78, 5) is 15.2. The van der Waals surface area contributed by atoms with Gasteiger partial charge in [0.1, 0.15) is 0 Å². The van der Waals surface area contributed by atoms with Crippen LogP contribution in [0.1, 0.15) is 53.0 Å². The quantitative estimate of drug-likeness (QED) is 0.850. The molecule has 5 nitrogen and oxygen atoms in total. The van der Waals surface area contributed by atoms with Crippen LogP contribution in [0.3, 0.4) is 0 Å². The first-order valence-corrected chi connectivity index (χ1v) is 9.64. The standard InChI is InChI=1S/C21H27N3O2/c1-15-12-16(2)24(22-15)14-17-6-5-7-18(13-17)21(25)23-10-11-26-20-9-4-3-8-19(20)23/h5-7,12-13,19-20H,3-4,8-11,14H2,1-2H3. The SMILES string of the molecule is Cc1cc(C)n(Cc2cccc(C(=O)N3CCOC4CCCCC43)c2)n1. The molecule has 0 N–H and O–H groups in total. The van der Waals surface area contributed by atoms with Crippen molar-refractivity contribution in [2.24, 2.45) is 0 Å². The molecule has 26 heavy (non-hydrogen) atoms. The Kier molecular flexibility index (Phi) is 4.81. The highest BCUT2D eigenvalue weighted by Crippen LogP contribution is 2.29. The smallest absolute Gasteiger partial charge is 0.254 e. The van der Waals surface area contributed by atoms with Crippen LogP contribution in [0, 0.1) is 13.8 Å². The molecule has 4 rings (SSSR count). The van der Waals surface area contributed by atoms with E-state index in [2.05, 4.69) is 29.1 Å². The van der Waals surface area contributed by atoms with Crippen LogP contribution in [0.2, 0.25) is 0 Å². The number of hydrogen-bond acceptors (Lipinski definition) is 3. The number of morpholine rings is 1. The van der Waals surface area contributed by atoms with Crippen LogP contribution in [0.15, 0.2) is 30.3 Å². The fourth-order valence-electron chi connectivity index (χ4n) is 4.33. The van der Waals surface area contributed by atoms with Crippen molar-refractivity contribution in [1.82, 2.24) is 14.7 Å². The van der Waals surface area contributed by atoms with E-state index >= 15 is 0 Å². The lowest BCUT2D eigenvalue weighted by Gasteiger charge is -2.43. The van der Waals surface area contributed by atoms with Gasteiger partial charge in [-0.3, -0.25) is 9.48 Å². The molecule has 2 aliphatic rings. The van der Waals surface area contributed by atoms with Crippen molar-refractivity contribution in [2.45, 2.75) is 58.2 Å². The topological polar surface area (TPSA) is 47.4 Å². The van der Waals surface area contributed by atoms with Gasteiger partial charge in [-0.05, 0) is 50.5 Å². The zero-order valence-corrected chi connectivity index (χ0v) is 15.6. The fourth-order valence-corrected chi connectivity index (χ4v) is 4.33. The second-order valence-corrected chi connectivity index (χ2v) is 7.54. The average Bonchev–Trinajstić information content (AvgIpc) is 2.98. The molecule has 2 fully saturated rings. The number of aromatic nitrogens is 2. The van der Waals surface area contributed by atoms with E-state index < -0.39 is 0 Å². The van der Waals surface area contributed by atoms with Gasteiger partial charge in [-0.1, -0.05) is 25.0 Å². The minimum Gasteiger partial charge on any atom is -0.374 e. The van der Waals surface area contributed by atoms with Crippen molar-refractivity contribution in [1.29, 1.82) is 0 Å². The second kappa shape index (κ2) is 7.23. The molecule has 2 unspecified atom stereocenters. The summed E-state index contributed by atoms with van der Waals surface area (Å²) in [6.45, 7) is 6.10. The Labute approximate surface area is 154 Å². The van der Waals surface area contributed by atoms with Gasteiger partial charge in [-0.25, -0.2) is 0 Å². The molecule has 2 atom stereocenters. The lowest BCUT2D eigenvalue weighted by Crippen LogP contribution is -2.54. The lowest BCUT2D eigenvalue weighted by molar-refractivity contribution is -0.0752. The lowest BCUT2D eigenvalue weighted by atomic mass is 9.89. The maximum absolute atomic E-state index is 13.2. The first-order valence-electron chi connectivity index (χ1n) is 9.64. The van der Waals surface area contributed by atoms with Crippen LogP contribution in [0.25, 0.3) is 0 Å². The molecule has 2 heterocycles. The Balaban J connectivity index is 1.53. The van der Waals surface area contributed by atoms with E-state index in [1.807, 2.05) is 29.8 Å². The first-order chi connectivity index (χ1) is 12.6. The second-order valence-electron chi connectivity index (χ2n) is 7.54. The molecule has 1 saturated heterocycles. The third kappa shape index (κ3) is 3.40. The van der Waals surface area contributed by atoms with Crippen molar-refractivity contribution in [2.75, 3.05) is 13.2 Å². The summed E-state index contributed by atoms with van der Waals surface area (Å²) < 4.78 is 7.90. The predicted octanol–water partition coefficient (Wildman–Crippen LogP) is 3.33. The molecule has 2 aromatic rings. The Hall–Kier alpha value is -2.14. The van der Waals surface area contributed by atoms with Crippen LogP contribution in [-0.4, -0.2) is 45.9 Å². The van der Waals surface area contributed by atoms with Gasteiger partial charge in [-0.2, -0.15) is 5.10 Å². The normalized spacial score (nSPS) is 22.9. The Morgan fingerprint density at radius 3 is 2.88 bits per heavy atom. The third-order valence-electron chi connectivity index (χ3n) is 5.60. The minimum absolute atomic E-state index is 0.139. The van der Waals surface area contributed by atoms with Crippen molar-refractivity contribution < 1.29 is 9.53 Å². The number of nitrogens with zero attached hydrogens (tertiary/aromatic N) is 3. The summed E-state index contributed by atoms with van der Waals surface area (Å²) in [5, 5.41) is 4.53. The van der Waals surface area contributed by atoms with Crippen LogP contribution in [0.4, 0.5) is 0 Å². The van der Waals surface area contributed by atoms with Gasteiger partial charge in [0.25, 0.3) is 5.91 Å². The zero-order chi connectivity index (χ0) is 18.1. The monoisotopic (exact) mass is 353 g/mol. The number of aryl methyl sites for hydroxylation is 2. The highest BCUT2D eigenvalue weighted by Gasteiger charge is 2.36. The summed E-state index contributed by atoms with van der Waals surface area (Å²) in [5.41, 5.74) is 4.04. The Morgan fingerprint density at radius 1 is 1.23 bits per heavy atom. The molecule has 0 bridgehead atoms. The molecule has 1 amide bonds. The van der Waals surface area contributed by atoms with Crippen LogP contribution < -0.4 is 0 Å². The molecule has 1 aliphatic heterocycles. The van der Waals surface area contributed by atoms with Crippen LogP contribution >= 0.6 is 0 Å². The van der Waals surface area contributed by atoms with Gasteiger partial charge < -0.3 is 9.64 Å². The molecule has 1 saturated carbocycles. The highest BCUT2D eigenvalue weighted by molar-refractivity contribution is 5.94. The molecule has 1 aromatic heterocycles. The highest BCUT2D eigenvalue weighted by atomic mass is 16.5. The van der Waals surface area contributed by atoms with E-state index in [0.29, 0.717) is 19.7 Å². The Morgan fingerprint density at radius 2 is 2.08 bits per heavy atom. The van der Waals surface area contributed by atoms with Crippen molar-refractivity contribution >= 4 is 5.91 Å². The molecular weight excluding hydrogens is 326 g/mol. The summed E-state index contributed by atoms with van der Waals surface area (Å²) in [5.74, 6) is 0.139. The first kappa shape index (κ1) is 17.3. The maximum Gasteiger partial charge on any atom is 0.254 e. The largest absolute Gasteiger partial charge is 0.374 e. The van der Waals surface area contributed by atoms with E-state index in [1.165, 1.54) is 12.8 Å². The number of carbonyl (C=O) groups is 1. The summed E-state index contributed by atoms with van der Waals surface area (Å²) in [6, 6.07) is 10.3. The minimum atomic E-state index is 0.139. The summed E-state index contributed by atoms with van der Waals surface area (Å²) in [6.07, 6.45) is 4.75. The number of ether oxygens (including phenoxy) is 1. The number of benzene rings is 1. The number of carbonyl (C=O) groups excluding carboxylic acids is 1. The maximum atomic E-state index is 13.2. The van der Waals surface area contributed by atoms with E-state index in [0.717, 1.165) is 35.4 Å². The van der Waals surface area contributed by atoms with Crippen molar-refractivity contribution in [3.8, 4) is 0 Å². The van der Waals surface area contributed by atoms with Crippen molar-refractivity contribution in [3.05, 3.63) is 52.8 Å². The number of fused-ring (bicyclic) bond motifs is 1. The van der Waals surface area contributed by atoms with Crippen LogP contribution in [-0.2, 0) is 11.3 Å². The number of amides is 1. The molecule has 138 valence electrons. The van der Waals surface area contributed by atoms with E-state index in [-0.39, 0.29) is 18.1 Å². The number of rotatable bonds is 3. The Bertz CT molecular complexity index is 796. The molecular formula is C21H27N3O2. The molecule has 1 aromatic carbocycles. The fraction of sp³-hybridized carbons (Fsp3) is 0.524. The van der Waals surface area contributed by atoms with Crippen LogP contribution in [0.5, 0.6) is 0 Å². The van der Waals surface area contributed by atoms with Gasteiger partial charge in [-0.15, -0.1) is 0 Å². The molecule has 1 aliphatic carbocycles. The van der Waals surface area contributed by atoms with E-state index in [1.54, 1.807) is 0 Å². The third-order valence-corrected chi connectivity index (χ3v) is 5.60. The summed E-state index contributed by atoms with van der Waals surface area (Å²) >= 11 is 0.